The molecule has 0 aliphatic heterocycles. The van der Waals surface area contributed by atoms with Crippen molar-refractivity contribution in [2.75, 3.05) is 12.4 Å². The number of esters is 1. The number of hydrogen-bond donors (Lipinski definition) is 4. The Morgan fingerprint density at radius 2 is 1.70 bits per heavy atom. The number of amides is 1. The third-order valence-electron chi connectivity index (χ3n) is 5.08. The standard InChI is InChI=1S/C25H25FN4O3/c1-15-4-3-5-17(10-15)24(31)30-14-20-9-6-16(23(27)28)12-22(20)29-13-19-8-7-18(11-21(19)26)25(32)33-2/h3-12,29H,13-14H2,1-2H3,(H3,27,28)(H,30,31). The first-order chi connectivity index (χ1) is 15.8. The maximum Gasteiger partial charge on any atom is 0.337 e. The molecule has 0 aliphatic rings. The normalized spacial score (nSPS) is 10.4. The Morgan fingerprint density at radius 3 is 2.36 bits per heavy atom. The summed E-state index contributed by atoms with van der Waals surface area (Å²) in [5.41, 5.74) is 9.45. The molecule has 5 N–H and O–H groups in total. The summed E-state index contributed by atoms with van der Waals surface area (Å²) in [7, 11) is 1.23. The van der Waals surface area contributed by atoms with E-state index < -0.39 is 11.8 Å². The van der Waals surface area contributed by atoms with Gasteiger partial charge in [0.1, 0.15) is 11.7 Å². The molecule has 0 unspecified atom stereocenters. The molecule has 0 saturated carbocycles. The molecule has 0 bridgehead atoms. The number of carbonyl (C=O) groups excluding carboxylic acids is 2. The fraction of sp³-hybridized carbons (Fsp3) is 0.160. The van der Waals surface area contributed by atoms with Crippen LogP contribution < -0.4 is 16.4 Å². The van der Waals surface area contributed by atoms with Gasteiger partial charge >= 0.3 is 5.97 Å². The molecular formula is C25H25FN4O3. The molecule has 170 valence electrons. The van der Waals surface area contributed by atoms with Crippen LogP contribution in [0.2, 0.25) is 0 Å². The van der Waals surface area contributed by atoms with E-state index in [1.165, 1.54) is 19.2 Å². The van der Waals surface area contributed by atoms with Crippen molar-refractivity contribution in [1.29, 1.82) is 5.41 Å². The van der Waals surface area contributed by atoms with E-state index in [9.17, 15) is 14.0 Å². The number of rotatable bonds is 8. The van der Waals surface area contributed by atoms with Gasteiger partial charge in [0.05, 0.1) is 12.7 Å². The summed E-state index contributed by atoms with van der Waals surface area (Å²) in [5, 5.41) is 13.7. The lowest BCUT2D eigenvalue weighted by Crippen LogP contribution is -2.23. The van der Waals surface area contributed by atoms with Crippen LogP contribution in [-0.2, 0) is 17.8 Å². The van der Waals surface area contributed by atoms with Crippen LogP contribution in [0.1, 0.15) is 43.0 Å². The van der Waals surface area contributed by atoms with E-state index in [0.29, 0.717) is 22.4 Å². The first-order valence-electron chi connectivity index (χ1n) is 10.2. The van der Waals surface area contributed by atoms with Gasteiger partial charge < -0.3 is 21.1 Å². The molecule has 3 aromatic carbocycles. The number of nitrogen functional groups attached to an aromatic ring is 1. The SMILES string of the molecule is COC(=O)c1ccc(CNc2cc(C(=N)N)ccc2CNC(=O)c2cccc(C)c2)c(F)c1. The van der Waals surface area contributed by atoms with Crippen LogP contribution in [0.3, 0.4) is 0 Å². The van der Waals surface area contributed by atoms with Gasteiger partial charge in [-0.05, 0) is 42.8 Å². The second-order valence-corrected chi connectivity index (χ2v) is 7.49. The molecule has 0 radical (unpaired) electrons. The largest absolute Gasteiger partial charge is 0.465 e. The van der Waals surface area contributed by atoms with Crippen molar-refractivity contribution < 1.29 is 18.7 Å². The topological polar surface area (TPSA) is 117 Å². The fourth-order valence-corrected chi connectivity index (χ4v) is 3.25. The number of amidine groups is 1. The molecule has 3 aromatic rings. The fourth-order valence-electron chi connectivity index (χ4n) is 3.25. The highest BCUT2D eigenvalue weighted by atomic mass is 19.1. The molecule has 7 nitrogen and oxygen atoms in total. The Bertz CT molecular complexity index is 1210. The Kier molecular flexibility index (Phi) is 7.40. The van der Waals surface area contributed by atoms with Crippen LogP contribution in [0.25, 0.3) is 0 Å². The van der Waals surface area contributed by atoms with E-state index in [4.69, 9.17) is 11.1 Å². The minimum Gasteiger partial charge on any atom is -0.465 e. The molecule has 8 heteroatoms. The minimum atomic E-state index is -0.616. The van der Waals surface area contributed by atoms with Gasteiger partial charge in [0.15, 0.2) is 0 Å². The third kappa shape index (κ3) is 5.94. The predicted molar refractivity (Wildman–Crippen MR) is 125 cm³/mol. The van der Waals surface area contributed by atoms with Crippen molar-refractivity contribution in [3.8, 4) is 0 Å². The van der Waals surface area contributed by atoms with Crippen LogP contribution in [0, 0.1) is 18.2 Å². The molecular weight excluding hydrogens is 423 g/mol. The zero-order valence-corrected chi connectivity index (χ0v) is 18.4. The summed E-state index contributed by atoms with van der Waals surface area (Å²) in [6.45, 7) is 2.25. The molecule has 0 atom stereocenters. The van der Waals surface area contributed by atoms with Gasteiger partial charge in [0.2, 0.25) is 0 Å². The van der Waals surface area contributed by atoms with E-state index >= 15 is 0 Å². The maximum absolute atomic E-state index is 14.5. The van der Waals surface area contributed by atoms with Crippen LogP contribution >= 0.6 is 0 Å². The smallest absolute Gasteiger partial charge is 0.337 e. The number of ether oxygens (including phenoxy) is 1. The Morgan fingerprint density at radius 1 is 0.970 bits per heavy atom. The number of hydrogen-bond acceptors (Lipinski definition) is 5. The van der Waals surface area contributed by atoms with Crippen molar-refractivity contribution >= 4 is 23.4 Å². The predicted octanol–water partition coefficient (Wildman–Crippen LogP) is 3.75. The zero-order valence-electron chi connectivity index (χ0n) is 18.4. The van der Waals surface area contributed by atoms with E-state index in [1.54, 1.807) is 30.3 Å². The van der Waals surface area contributed by atoms with Crippen molar-refractivity contribution in [2.24, 2.45) is 5.73 Å². The molecule has 0 fully saturated rings. The zero-order chi connectivity index (χ0) is 24.0. The number of benzene rings is 3. The van der Waals surface area contributed by atoms with Crippen molar-refractivity contribution in [3.63, 3.8) is 0 Å². The van der Waals surface area contributed by atoms with Crippen molar-refractivity contribution in [3.05, 3.63) is 99.9 Å². The second-order valence-electron chi connectivity index (χ2n) is 7.49. The number of nitrogens with one attached hydrogen (secondary N) is 3. The summed E-state index contributed by atoms with van der Waals surface area (Å²) in [5.74, 6) is -1.50. The minimum absolute atomic E-state index is 0.109. The van der Waals surface area contributed by atoms with Gasteiger partial charge in [-0.25, -0.2) is 9.18 Å². The van der Waals surface area contributed by atoms with E-state index in [1.807, 2.05) is 19.1 Å². The average molecular weight is 448 g/mol. The maximum atomic E-state index is 14.5. The van der Waals surface area contributed by atoms with Crippen molar-refractivity contribution in [1.82, 2.24) is 5.32 Å². The van der Waals surface area contributed by atoms with Gasteiger partial charge in [-0.3, -0.25) is 10.2 Å². The van der Waals surface area contributed by atoms with Crippen LogP contribution in [0.4, 0.5) is 10.1 Å². The second kappa shape index (κ2) is 10.4. The quantitative estimate of drug-likeness (QED) is 0.238. The first-order valence-corrected chi connectivity index (χ1v) is 10.2. The summed E-state index contributed by atoms with van der Waals surface area (Å²) in [6.07, 6.45) is 0. The Balaban J connectivity index is 1.77. The first kappa shape index (κ1) is 23.5. The molecule has 3 rings (SSSR count). The molecule has 0 spiro atoms. The van der Waals surface area contributed by atoms with Crippen LogP contribution in [-0.4, -0.2) is 24.8 Å². The van der Waals surface area contributed by atoms with Gasteiger partial charge in [0.25, 0.3) is 5.91 Å². The molecule has 1 amide bonds. The average Bonchev–Trinajstić information content (AvgIpc) is 2.81. The highest BCUT2D eigenvalue weighted by Gasteiger charge is 2.12. The Labute approximate surface area is 191 Å². The summed E-state index contributed by atoms with van der Waals surface area (Å²) < 4.78 is 19.1. The number of nitrogens with two attached hydrogens (primary N) is 1. The molecule has 0 saturated heterocycles. The lowest BCUT2D eigenvalue weighted by atomic mass is 10.1. The summed E-state index contributed by atoms with van der Waals surface area (Å²) in [4.78, 5) is 24.1. The number of halogens is 1. The highest BCUT2D eigenvalue weighted by Crippen LogP contribution is 2.21. The Hall–Kier alpha value is -4.20. The monoisotopic (exact) mass is 448 g/mol. The number of aryl methyl sites for hydroxylation is 1. The lowest BCUT2D eigenvalue weighted by molar-refractivity contribution is 0.0600. The number of anilines is 1. The summed E-state index contributed by atoms with van der Waals surface area (Å²) >= 11 is 0. The van der Waals surface area contributed by atoms with E-state index in [0.717, 1.165) is 17.2 Å². The van der Waals surface area contributed by atoms with Gasteiger partial charge in [-0.2, -0.15) is 0 Å². The van der Waals surface area contributed by atoms with Crippen molar-refractivity contribution in [2.45, 2.75) is 20.0 Å². The molecule has 33 heavy (non-hydrogen) atoms. The van der Waals surface area contributed by atoms with E-state index in [2.05, 4.69) is 15.4 Å². The van der Waals surface area contributed by atoms with Gasteiger partial charge in [-0.15, -0.1) is 0 Å². The van der Waals surface area contributed by atoms with Gasteiger partial charge in [-0.1, -0.05) is 35.9 Å². The molecule has 0 aromatic heterocycles. The third-order valence-corrected chi connectivity index (χ3v) is 5.08. The lowest BCUT2D eigenvalue weighted by Gasteiger charge is -2.15. The molecule has 0 aliphatic carbocycles. The summed E-state index contributed by atoms with van der Waals surface area (Å²) in [6, 6.07) is 16.5. The van der Waals surface area contributed by atoms with Crippen LogP contribution in [0.15, 0.2) is 60.7 Å². The van der Waals surface area contributed by atoms with E-state index in [-0.39, 0.29) is 30.4 Å². The van der Waals surface area contributed by atoms with Crippen LogP contribution in [0.5, 0.6) is 0 Å². The number of methoxy groups -OCH3 is 1. The highest BCUT2D eigenvalue weighted by molar-refractivity contribution is 5.96. The number of carbonyl (C=O) groups is 2. The van der Waals surface area contributed by atoms with Gasteiger partial charge in [0, 0.05) is 35.5 Å². The molecule has 0 heterocycles.